The van der Waals surface area contributed by atoms with E-state index in [1.54, 1.807) is 6.20 Å². The van der Waals surface area contributed by atoms with E-state index in [4.69, 9.17) is 13.9 Å². The molecule has 4 rings (SSSR count). The van der Waals surface area contributed by atoms with Crippen molar-refractivity contribution in [1.29, 1.82) is 0 Å². The second kappa shape index (κ2) is 6.99. The summed E-state index contributed by atoms with van der Waals surface area (Å²) in [5.41, 5.74) is 2.17. The van der Waals surface area contributed by atoms with Crippen LogP contribution in [-0.4, -0.2) is 18.2 Å². The largest absolute Gasteiger partial charge is 0.486 e. The number of aromatic nitrogens is 1. The predicted octanol–water partition coefficient (Wildman–Crippen LogP) is 3.96. The van der Waals surface area contributed by atoms with Crippen LogP contribution in [0.15, 0.2) is 59.1 Å². The first-order chi connectivity index (χ1) is 12.3. The van der Waals surface area contributed by atoms with Crippen molar-refractivity contribution in [1.82, 2.24) is 10.3 Å². The third-order valence-corrected chi connectivity index (χ3v) is 4.24. The highest BCUT2D eigenvalue weighted by atomic mass is 16.6. The van der Waals surface area contributed by atoms with Crippen molar-refractivity contribution in [2.24, 2.45) is 0 Å². The molecule has 0 spiro atoms. The van der Waals surface area contributed by atoms with Gasteiger partial charge in [0.1, 0.15) is 13.2 Å². The van der Waals surface area contributed by atoms with E-state index in [2.05, 4.69) is 23.3 Å². The highest BCUT2D eigenvalue weighted by Gasteiger charge is 2.15. The molecule has 2 heterocycles. The molecule has 3 aromatic rings. The van der Waals surface area contributed by atoms with Gasteiger partial charge < -0.3 is 19.2 Å². The number of hydrogen-bond acceptors (Lipinski definition) is 5. The Balaban J connectivity index is 1.40. The van der Waals surface area contributed by atoms with Gasteiger partial charge in [-0.25, -0.2) is 4.98 Å². The molecule has 25 heavy (non-hydrogen) atoms. The summed E-state index contributed by atoms with van der Waals surface area (Å²) >= 11 is 0. The molecule has 0 saturated carbocycles. The molecule has 0 saturated heterocycles. The quantitative estimate of drug-likeness (QED) is 0.764. The van der Waals surface area contributed by atoms with Crippen molar-refractivity contribution in [3.8, 4) is 22.8 Å². The molecule has 1 atom stereocenters. The van der Waals surface area contributed by atoms with E-state index in [0.29, 0.717) is 25.6 Å². The van der Waals surface area contributed by atoms with Crippen LogP contribution in [0.2, 0.25) is 0 Å². The predicted molar refractivity (Wildman–Crippen MR) is 94.6 cm³/mol. The van der Waals surface area contributed by atoms with Gasteiger partial charge in [0.25, 0.3) is 0 Å². The lowest BCUT2D eigenvalue weighted by Gasteiger charge is -2.20. The zero-order valence-corrected chi connectivity index (χ0v) is 14.1. The van der Waals surface area contributed by atoms with Crippen LogP contribution < -0.4 is 14.8 Å². The molecule has 1 aliphatic rings. The molecule has 1 N–H and O–H groups in total. The van der Waals surface area contributed by atoms with Gasteiger partial charge >= 0.3 is 0 Å². The lowest BCUT2D eigenvalue weighted by Crippen LogP contribution is -2.19. The number of hydrogen-bond donors (Lipinski definition) is 1. The van der Waals surface area contributed by atoms with Gasteiger partial charge in [0.05, 0.1) is 12.7 Å². The van der Waals surface area contributed by atoms with Gasteiger partial charge in [0.15, 0.2) is 17.3 Å². The topological polar surface area (TPSA) is 56.5 Å². The number of fused-ring (bicyclic) bond motifs is 1. The summed E-state index contributed by atoms with van der Waals surface area (Å²) in [4.78, 5) is 4.35. The van der Waals surface area contributed by atoms with Crippen molar-refractivity contribution in [2.45, 2.75) is 19.5 Å². The molecule has 0 aliphatic carbocycles. The van der Waals surface area contributed by atoms with Gasteiger partial charge in [0, 0.05) is 11.6 Å². The fraction of sp³-hybridized carbons (Fsp3) is 0.250. The monoisotopic (exact) mass is 336 g/mol. The zero-order chi connectivity index (χ0) is 17.1. The van der Waals surface area contributed by atoms with Gasteiger partial charge in [-0.05, 0) is 24.6 Å². The van der Waals surface area contributed by atoms with E-state index in [0.717, 1.165) is 28.4 Å². The number of nitrogens with zero attached hydrogens (tertiary/aromatic N) is 1. The van der Waals surface area contributed by atoms with Crippen molar-refractivity contribution in [3.63, 3.8) is 0 Å². The minimum Gasteiger partial charge on any atom is -0.486 e. The number of ether oxygens (including phenoxy) is 2. The first kappa shape index (κ1) is 15.7. The van der Waals surface area contributed by atoms with E-state index in [9.17, 15) is 0 Å². The molecule has 128 valence electrons. The molecule has 0 unspecified atom stereocenters. The minimum absolute atomic E-state index is 0.142. The van der Waals surface area contributed by atoms with Crippen LogP contribution >= 0.6 is 0 Å². The van der Waals surface area contributed by atoms with Gasteiger partial charge in [-0.15, -0.1) is 0 Å². The second-order valence-corrected chi connectivity index (χ2v) is 5.99. The minimum atomic E-state index is 0.142. The Hall–Kier alpha value is -2.79. The molecule has 0 radical (unpaired) electrons. The van der Waals surface area contributed by atoms with E-state index >= 15 is 0 Å². The van der Waals surface area contributed by atoms with Crippen molar-refractivity contribution in [2.75, 3.05) is 13.2 Å². The van der Waals surface area contributed by atoms with E-state index in [-0.39, 0.29) is 6.04 Å². The highest BCUT2D eigenvalue weighted by Crippen LogP contribution is 2.32. The van der Waals surface area contributed by atoms with Gasteiger partial charge in [-0.3, -0.25) is 0 Å². The third kappa shape index (κ3) is 3.51. The summed E-state index contributed by atoms with van der Waals surface area (Å²) in [5.74, 6) is 3.06. The van der Waals surface area contributed by atoms with Crippen LogP contribution in [-0.2, 0) is 6.54 Å². The lowest BCUT2D eigenvalue weighted by atomic mass is 10.1. The summed E-state index contributed by atoms with van der Waals surface area (Å²) in [7, 11) is 0. The number of oxazole rings is 1. The fourth-order valence-corrected chi connectivity index (χ4v) is 2.82. The second-order valence-electron chi connectivity index (χ2n) is 5.99. The number of rotatable bonds is 5. The Bertz CT molecular complexity index is 845. The normalized spacial score (nSPS) is 14.3. The summed E-state index contributed by atoms with van der Waals surface area (Å²) in [5, 5.41) is 3.43. The highest BCUT2D eigenvalue weighted by molar-refractivity contribution is 5.55. The standard InChI is InChI=1S/C20H20N2O3/c1-14(16-7-8-17-18(11-16)24-10-9-23-17)21-13-20-22-12-19(25-20)15-5-3-2-4-6-15/h2-8,11-12,14,21H,9-10,13H2,1H3/t14-/m1/s1. The molecule has 0 amide bonds. The molecular formula is C20H20N2O3. The van der Waals surface area contributed by atoms with E-state index < -0.39 is 0 Å². The molecule has 5 nitrogen and oxygen atoms in total. The van der Waals surface area contributed by atoms with Crippen LogP contribution in [0.25, 0.3) is 11.3 Å². The Morgan fingerprint density at radius 3 is 2.68 bits per heavy atom. The maximum absolute atomic E-state index is 5.83. The van der Waals surface area contributed by atoms with Crippen LogP contribution in [0.3, 0.4) is 0 Å². The van der Waals surface area contributed by atoms with Gasteiger partial charge in [-0.1, -0.05) is 36.4 Å². The third-order valence-electron chi connectivity index (χ3n) is 4.24. The first-order valence-corrected chi connectivity index (χ1v) is 8.42. The number of benzene rings is 2. The molecule has 1 aliphatic heterocycles. The van der Waals surface area contributed by atoms with Crippen molar-refractivity contribution >= 4 is 0 Å². The molecule has 5 heteroatoms. The Kier molecular flexibility index (Phi) is 4.39. The first-order valence-electron chi connectivity index (χ1n) is 8.42. The van der Waals surface area contributed by atoms with Crippen LogP contribution in [0.5, 0.6) is 11.5 Å². The summed E-state index contributed by atoms with van der Waals surface area (Å²) in [6, 6.07) is 16.2. The van der Waals surface area contributed by atoms with Crippen molar-refractivity contribution < 1.29 is 13.9 Å². The van der Waals surface area contributed by atoms with Crippen LogP contribution in [0.1, 0.15) is 24.4 Å². The summed E-state index contributed by atoms with van der Waals surface area (Å²) in [6.45, 7) is 3.86. The fourth-order valence-electron chi connectivity index (χ4n) is 2.82. The van der Waals surface area contributed by atoms with Crippen LogP contribution in [0.4, 0.5) is 0 Å². The SMILES string of the molecule is C[C@@H](NCc1ncc(-c2ccccc2)o1)c1ccc2c(c1)OCCO2. The average Bonchev–Trinajstić information content (AvgIpc) is 3.15. The number of nitrogens with one attached hydrogen (secondary N) is 1. The maximum atomic E-state index is 5.83. The van der Waals surface area contributed by atoms with Crippen LogP contribution in [0, 0.1) is 0 Å². The van der Waals surface area contributed by atoms with Crippen molar-refractivity contribution in [3.05, 3.63) is 66.2 Å². The van der Waals surface area contributed by atoms with E-state index in [1.165, 1.54) is 0 Å². The average molecular weight is 336 g/mol. The lowest BCUT2D eigenvalue weighted by molar-refractivity contribution is 0.171. The molecule has 2 aromatic carbocycles. The molecule has 0 fully saturated rings. The molecule has 1 aromatic heterocycles. The van der Waals surface area contributed by atoms with Gasteiger partial charge in [0.2, 0.25) is 5.89 Å². The maximum Gasteiger partial charge on any atom is 0.208 e. The Morgan fingerprint density at radius 1 is 1.04 bits per heavy atom. The van der Waals surface area contributed by atoms with Gasteiger partial charge in [-0.2, -0.15) is 0 Å². The summed E-state index contributed by atoms with van der Waals surface area (Å²) < 4.78 is 17.0. The smallest absolute Gasteiger partial charge is 0.208 e. The molecule has 0 bridgehead atoms. The summed E-state index contributed by atoms with van der Waals surface area (Å²) in [6.07, 6.45) is 1.76. The zero-order valence-electron chi connectivity index (χ0n) is 14.1. The Morgan fingerprint density at radius 2 is 1.84 bits per heavy atom. The Labute approximate surface area is 146 Å². The van der Waals surface area contributed by atoms with E-state index in [1.807, 2.05) is 42.5 Å². The molecular weight excluding hydrogens is 316 g/mol.